The Labute approximate surface area is 127 Å². The molecule has 0 amide bonds. The van der Waals surface area contributed by atoms with E-state index in [-0.39, 0.29) is 17.1 Å². The SMILES string of the molecule is Cc1ccc(F)cc1S(=O)(=O)N(CCO)c1cccc(F)c1. The van der Waals surface area contributed by atoms with E-state index >= 15 is 0 Å². The minimum atomic E-state index is -4.12. The van der Waals surface area contributed by atoms with Crippen LogP contribution in [0.25, 0.3) is 0 Å². The molecule has 7 heteroatoms. The van der Waals surface area contributed by atoms with Crippen LogP contribution in [0.3, 0.4) is 0 Å². The summed E-state index contributed by atoms with van der Waals surface area (Å²) in [5, 5.41) is 9.13. The molecule has 118 valence electrons. The van der Waals surface area contributed by atoms with Crippen molar-refractivity contribution in [1.82, 2.24) is 0 Å². The van der Waals surface area contributed by atoms with Crippen LogP contribution in [0.2, 0.25) is 0 Å². The molecule has 0 aliphatic rings. The van der Waals surface area contributed by atoms with Gasteiger partial charge in [0.1, 0.15) is 11.6 Å². The van der Waals surface area contributed by atoms with Crippen molar-refractivity contribution >= 4 is 15.7 Å². The Morgan fingerprint density at radius 3 is 2.41 bits per heavy atom. The van der Waals surface area contributed by atoms with Gasteiger partial charge >= 0.3 is 0 Å². The lowest BCUT2D eigenvalue weighted by molar-refractivity contribution is 0.306. The zero-order valence-corrected chi connectivity index (χ0v) is 12.6. The highest BCUT2D eigenvalue weighted by atomic mass is 32.2. The van der Waals surface area contributed by atoms with Gasteiger partial charge in [0.2, 0.25) is 0 Å². The van der Waals surface area contributed by atoms with E-state index < -0.39 is 28.3 Å². The number of hydrogen-bond donors (Lipinski definition) is 1. The highest BCUT2D eigenvalue weighted by Crippen LogP contribution is 2.26. The molecule has 0 bridgehead atoms. The number of rotatable bonds is 5. The third-order valence-electron chi connectivity index (χ3n) is 3.12. The Bertz CT molecular complexity index is 778. The van der Waals surface area contributed by atoms with Crippen molar-refractivity contribution < 1.29 is 22.3 Å². The zero-order chi connectivity index (χ0) is 16.3. The van der Waals surface area contributed by atoms with E-state index in [2.05, 4.69) is 0 Å². The van der Waals surface area contributed by atoms with Crippen molar-refractivity contribution in [1.29, 1.82) is 0 Å². The minimum Gasteiger partial charge on any atom is -0.394 e. The van der Waals surface area contributed by atoms with Crippen LogP contribution in [-0.2, 0) is 10.0 Å². The third kappa shape index (κ3) is 3.26. The molecule has 0 unspecified atom stereocenters. The maximum Gasteiger partial charge on any atom is 0.264 e. The largest absolute Gasteiger partial charge is 0.394 e. The fourth-order valence-electron chi connectivity index (χ4n) is 2.08. The standard InChI is InChI=1S/C15H15F2NO3S/c1-11-5-6-13(17)10-15(11)22(20,21)18(7-8-19)14-4-2-3-12(16)9-14/h2-6,9-10,19H,7-8H2,1H3. The first-order valence-electron chi connectivity index (χ1n) is 6.51. The second kappa shape index (κ2) is 6.41. The van der Waals surface area contributed by atoms with Crippen molar-refractivity contribution in [3.8, 4) is 0 Å². The summed E-state index contributed by atoms with van der Waals surface area (Å²) in [6.07, 6.45) is 0. The number of sulfonamides is 1. The second-order valence-corrected chi connectivity index (χ2v) is 6.52. The molecular formula is C15H15F2NO3S. The van der Waals surface area contributed by atoms with E-state index in [1.54, 1.807) is 0 Å². The smallest absolute Gasteiger partial charge is 0.264 e. The molecule has 2 rings (SSSR count). The molecule has 0 aliphatic carbocycles. The summed E-state index contributed by atoms with van der Waals surface area (Å²) < 4.78 is 53.1. The first-order chi connectivity index (χ1) is 10.4. The van der Waals surface area contributed by atoms with Gasteiger partial charge < -0.3 is 5.11 Å². The van der Waals surface area contributed by atoms with Crippen molar-refractivity contribution in [2.24, 2.45) is 0 Å². The third-order valence-corrected chi connectivity index (χ3v) is 5.09. The fourth-order valence-corrected chi connectivity index (χ4v) is 3.77. The van der Waals surface area contributed by atoms with Crippen LogP contribution in [0, 0.1) is 18.6 Å². The van der Waals surface area contributed by atoms with Crippen LogP contribution in [-0.4, -0.2) is 26.7 Å². The lowest BCUT2D eigenvalue weighted by Gasteiger charge is -2.24. The summed E-state index contributed by atoms with van der Waals surface area (Å²) in [5.41, 5.74) is 0.429. The topological polar surface area (TPSA) is 57.6 Å². The maximum atomic E-state index is 13.4. The summed E-state index contributed by atoms with van der Waals surface area (Å²) in [4.78, 5) is -0.217. The molecule has 2 aromatic carbocycles. The summed E-state index contributed by atoms with van der Waals surface area (Å²) in [6, 6.07) is 8.42. The van der Waals surface area contributed by atoms with Gasteiger partial charge in [0.15, 0.2) is 0 Å². The molecule has 0 saturated carbocycles. The Balaban J connectivity index is 2.58. The van der Waals surface area contributed by atoms with Crippen LogP contribution < -0.4 is 4.31 Å². The lowest BCUT2D eigenvalue weighted by atomic mass is 10.2. The van der Waals surface area contributed by atoms with Crippen LogP contribution in [0.1, 0.15) is 5.56 Å². The van der Waals surface area contributed by atoms with Crippen LogP contribution >= 0.6 is 0 Å². The molecule has 0 atom stereocenters. The molecular weight excluding hydrogens is 312 g/mol. The lowest BCUT2D eigenvalue weighted by Crippen LogP contribution is -2.34. The van der Waals surface area contributed by atoms with E-state index in [0.29, 0.717) is 5.56 Å². The number of halogens is 2. The van der Waals surface area contributed by atoms with E-state index in [4.69, 9.17) is 5.11 Å². The zero-order valence-electron chi connectivity index (χ0n) is 11.8. The number of nitrogens with zero attached hydrogens (tertiary/aromatic N) is 1. The van der Waals surface area contributed by atoms with E-state index in [9.17, 15) is 17.2 Å². The molecule has 0 spiro atoms. The van der Waals surface area contributed by atoms with Gasteiger partial charge in [-0.1, -0.05) is 12.1 Å². The maximum absolute atomic E-state index is 13.4. The van der Waals surface area contributed by atoms with Crippen LogP contribution in [0.4, 0.5) is 14.5 Å². The van der Waals surface area contributed by atoms with E-state index in [1.165, 1.54) is 31.2 Å². The number of aliphatic hydroxyl groups is 1. The molecule has 22 heavy (non-hydrogen) atoms. The van der Waals surface area contributed by atoms with Crippen LogP contribution in [0.15, 0.2) is 47.4 Å². The first kappa shape index (κ1) is 16.4. The minimum absolute atomic E-state index is 0.0673. The molecule has 2 aromatic rings. The summed E-state index contributed by atoms with van der Waals surface area (Å²) >= 11 is 0. The molecule has 4 nitrogen and oxygen atoms in total. The molecule has 0 aliphatic heterocycles. The van der Waals surface area contributed by atoms with Gasteiger partial charge in [-0.05, 0) is 42.8 Å². The van der Waals surface area contributed by atoms with Gasteiger partial charge in [-0.25, -0.2) is 17.2 Å². The van der Waals surface area contributed by atoms with Crippen molar-refractivity contribution in [2.75, 3.05) is 17.5 Å². The van der Waals surface area contributed by atoms with Gasteiger partial charge in [0.05, 0.1) is 23.7 Å². The van der Waals surface area contributed by atoms with E-state index in [1.807, 2.05) is 0 Å². The van der Waals surface area contributed by atoms with Gasteiger partial charge in [-0.3, -0.25) is 4.31 Å². The molecule has 0 radical (unpaired) electrons. The van der Waals surface area contributed by atoms with Gasteiger partial charge in [-0.15, -0.1) is 0 Å². The second-order valence-electron chi connectivity index (χ2n) is 4.69. The number of anilines is 1. The van der Waals surface area contributed by atoms with Crippen molar-refractivity contribution in [2.45, 2.75) is 11.8 Å². The number of aliphatic hydroxyl groups excluding tert-OH is 1. The summed E-state index contributed by atoms with van der Waals surface area (Å²) in [5.74, 6) is -1.29. The average molecular weight is 327 g/mol. The molecule has 0 aromatic heterocycles. The predicted octanol–water partition coefficient (Wildman–Crippen LogP) is 2.46. The monoisotopic (exact) mass is 327 g/mol. The quantitative estimate of drug-likeness (QED) is 0.918. The molecule has 0 fully saturated rings. The number of hydrogen-bond acceptors (Lipinski definition) is 3. The predicted molar refractivity (Wildman–Crippen MR) is 79.2 cm³/mol. The van der Waals surface area contributed by atoms with E-state index in [0.717, 1.165) is 22.5 Å². The Hall–Kier alpha value is -1.99. The van der Waals surface area contributed by atoms with Crippen molar-refractivity contribution in [3.63, 3.8) is 0 Å². The highest BCUT2D eigenvalue weighted by molar-refractivity contribution is 7.92. The highest BCUT2D eigenvalue weighted by Gasteiger charge is 2.26. The Kier molecular flexibility index (Phi) is 4.77. The first-order valence-corrected chi connectivity index (χ1v) is 7.95. The fraction of sp³-hybridized carbons (Fsp3) is 0.200. The molecule has 1 N–H and O–H groups in total. The normalized spacial score (nSPS) is 11.5. The van der Waals surface area contributed by atoms with Crippen LogP contribution in [0.5, 0.6) is 0 Å². The number of benzene rings is 2. The molecule has 0 saturated heterocycles. The Morgan fingerprint density at radius 1 is 1.09 bits per heavy atom. The van der Waals surface area contributed by atoms with Gasteiger partial charge in [-0.2, -0.15) is 0 Å². The van der Waals surface area contributed by atoms with Gasteiger partial charge in [0, 0.05) is 0 Å². The summed E-state index contributed by atoms with van der Waals surface area (Å²) in [7, 11) is -4.12. The van der Waals surface area contributed by atoms with Gasteiger partial charge in [0.25, 0.3) is 10.0 Å². The summed E-state index contributed by atoms with van der Waals surface area (Å²) in [6.45, 7) is 0.820. The molecule has 0 heterocycles. The number of aryl methyl sites for hydroxylation is 1. The van der Waals surface area contributed by atoms with Crippen molar-refractivity contribution in [3.05, 3.63) is 59.7 Å². The average Bonchev–Trinajstić information content (AvgIpc) is 2.47. The Morgan fingerprint density at radius 2 is 1.77 bits per heavy atom.